The van der Waals surface area contributed by atoms with Gasteiger partial charge >= 0.3 is 0 Å². The van der Waals surface area contributed by atoms with E-state index in [9.17, 15) is 9.59 Å². The van der Waals surface area contributed by atoms with Gasteiger partial charge in [-0.1, -0.05) is 26.2 Å². The first kappa shape index (κ1) is 21.5. The second kappa shape index (κ2) is 9.24. The Morgan fingerprint density at radius 1 is 0.906 bits per heavy atom. The highest BCUT2D eigenvalue weighted by Gasteiger charge is 2.30. The summed E-state index contributed by atoms with van der Waals surface area (Å²) in [6, 6.07) is 4.30. The van der Waals surface area contributed by atoms with Crippen LogP contribution in [0.25, 0.3) is 5.52 Å². The number of hydrogen-bond donors (Lipinski definition) is 0. The van der Waals surface area contributed by atoms with Crippen LogP contribution in [-0.2, 0) is 4.79 Å². The van der Waals surface area contributed by atoms with Crippen LogP contribution in [0.5, 0.6) is 0 Å². The van der Waals surface area contributed by atoms with Crippen LogP contribution in [0.4, 0.5) is 0 Å². The molecule has 2 amide bonds. The smallest absolute Gasteiger partial charge is 0.257 e. The summed E-state index contributed by atoms with van der Waals surface area (Å²) in [5, 5.41) is 4.44. The van der Waals surface area contributed by atoms with E-state index < -0.39 is 0 Å². The molecule has 0 unspecified atom stereocenters. The molecule has 1 aliphatic carbocycles. The lowest BCUT2D eigenvalue weighted by Crippen LogP contribution is -2.41. The lowest BCUT2D eigenvalue weighted by atomic mass is 9.86. The summed E-state index contributed by atoms with van der Waals surface area (Å²) in [5.41, 5.74) is 2.89. The summed E-state index contributed by atoms with van der Waals surface area (Å²) < 4.78 is 1.82. The van der Waals surface area contributed by atoms with Gasteiger partial charge in [-0.05, 0) is 68.1 Å². The third-order valence-electron chi connectivity index (χ3n) is 8.08. The van der Waals surface area contributed by atoms with Crippen molar-refractivity contribution in [3.05, 3.63) is 35.7 Å². The van der Waals surface area contributed by atoms with Crippen molar-refractivity contribution < 1.29 is 9.59 Å². The van der Waals surface area contributed by atoms with E-state index in [1.54, 1.807) is 6.20 Å². The molecule has 6 heteroatoms. The van der Waals surface area contributed by atoms with Gasteiger partial charge in [-0.2, -0.15) is 5.10 Å². The molecule has 3 aliphatic rings. The van der Waals surface area contributed by atoms with Crippen molar-refractivity contribution >= 4 is 17.3 Å². The fourth-order valence-corrected chi connectivity index (χ4v) is 5.84. The van der Waals surface area contributed by atoms with Gasteiger partial charge in [0.1, 0.15) is 0 Å². The number of rotatable bonds is 3. The molecule has 0 spiro atoms. The minimum Gasteiger partial charge on any atom is -0.342 e. The Morgan fingerprint density at radius 2 is 1.59 bits per heavy atom. The Balaban J connectivity index is 1.27. The van der Waals surface area contributed by atoms with Crippen LogP contribution in [-0.4, -0.2) is 57.4 Å². The standard InChI is InChI=1S/C26H36N4O2/c1-19-7-12-29(13-8-19)26(32)23-18-27-30-16-11-22(17-24(23)30)20-9-14-28(15-10-20)25(31)21-5-3-2-4-6-21/h11,16-21H,2-10,12-15H2,1H3. The number of aromatic nitrogens is 2. The summed E-state index contributed by atoms with van der Waals surface area (Å²) in [7, 11) is 0. The van der Waals surface area contributed by atoms with Gasteiger partial charge in [0.2, 0.25) is 5.91 Å². The van der Waals surface area contributed by atoms with Crippen LogP contribution >= 0.6 is 0 Å². The lowest BCUT2D eigenvalue weighted by molar-refractivity contribution is -0.137. The second-order valence-corrected chi connectivity index (χ2v) is 10.3. The van der Waals surface area contributed by atoms with Crippen LogP contribution in [0.3, 0.4) is 0 Å². The van der Waals surface area contributed by atoms with Gasteiger partial charge in [-0.3, -0.25) is 9.59 Å². The molecule has 3 fully saturated rings. The number of pyridine rings is 1. The van der Waals surface area contributed by atoms with E-state index >= 15 is 0 Å². The van der Waals surface area contributed by atoms with Gasteiger partial charge < -0.3 is 9.80 Å². The first-order chi connectivity index (χ1) is 15.6. The van der Waals surface area contributed by atoms with Crippen molar-refractivity contribution in [1.82, 2.24) is 19.4 Å². The van der Waals surface area contributed by atoms with Crippen molar-refractivity contribution in [1.29, 1.82) is 0 Å². The molecule has 0 bridgehead atoms. The zero-order chi connectivity index (χ0) is 22.1. The Morgan fingerprint density at radius 3 is 2.31 bits per heavy atom. The highest BCUT2D eigenvalue weighted by atomic mass is 16.2. The van der Waals surface area contributed by atoms with E-state index in [2.05, 4.69) is 29.1 Å². The quantitative estimate of drug-likeness (QED) is 0.712. The van der Waals surface area contributed by atoms with Crippen molar-refractivity contribution in [2.75, 3.05) is 26.2 Å². The Bertz CT molecular complexity index is 961. The van der Waals surface area contributed by atoms with Crippen molar-refractivity contribution in [3.63, 3.8) is 0 Å². The SMILES string of the molecule is CC1CCN(C(=O)c2cnn3ccc(C4CCN(C(=O)C5CCCCC5)CC4)cc23)CC1. The van der Waals surface area contributed by atoms with Crippen LogP contribution in [0, 0.1) is 11.8 Å². The van der Waals surface area contributed by atoms with Gasteiger partial charge in [0.15, 0.2) is 0 Å². The predicted molar refractivity (Wildman–Crippen MR) is 125 cm³/mol. The minimum absolute atomic E-state index is 0.108. The molecule has 1 saturated carbocycles. The topological polar surface area (TPSA) is 57.9 Å². The molecule has 0 atom stereocenters. The van der Waals surface area contributed by atoms with Crippen LogP contribution in [0.1, 0.15) is 86.6 Å². The Labute approximate surface area is 190 Å². The minimum atomic E-state index is 0.108. The van der Waals surface area contributed by atoms with Gasteiger partial charge in [-0.15, -0.1) is 0 Å². The van der Waals surface area contributed by atoms with E-state index in [0.29, 0.717) is 23.3 Å². The van der Waals surface area contributed by atoms with Crippen molar-refractivity contribution in [2.24, 2.45) is 11.8 Å². The number of piperidine rings is 2. The van der Waals surface area contributed by atoms with E-state index in [-0.39, 0.29) is 11.8 Å². The fraction of sp³-hybridized carbons (Fsp3) is 0.654. The molecule has 0 aromatic carbocycles. The highest BCUT2D eigenvalue weighted by molar-refractivity contribution is 6.00. The number of nitrogens with zero attached hydrogens (tertiary/aromatic N) is 4. The first-order valence-corrected chi connectivity index (χ1v) is 12.7. The fourth-order valence-electron chi connectivity index (χ4n) is 5.84. The number of amides is 2. The zero-order valence-electron chi connectivity index (χ0n) is 19.3. The molecule has 5 rings (SSSR count). The summed E-state index contributed by atoms with van der Waals surface area (Å²) in [6.07, 6.45) is 13.7. The molecule has 32 heavy (non-hydrogen) atoms. The van der Waals surface area contributed by atoms with E-state index in [0.717, 1.165) is 70.2 Å². The average Bonchev–Trinajstić information content (AvgIpc) is 3.27. The van der Waals surface area contributed by atoms with Crippen molar-refractivity contribution in [2.45, 2.75) is 70.6 Å². The molecule has 0 N–H and O–H groups in total. The van der Waals surface area contributed by atoms with Gasteiger partial charge in [0.25, 0.3) is 5.91 Å². The maximum atomic E-state index is 13.2. The summed E-state index contributed by atoms with van der Waals surface area (Å²) >= 11 is 0. The van der Waals surface area contributed by atoms with Crippen LogP contribution < -0.4 is 0 Å². The molecule has 0 radical (unpaired) electrons. The van der Waals surface area contributed by atoms with Gasteiger partial charge in [0.05, 0.1) is 17.3 Å². The molecular weight excluding hydrogens is 400 g/mol. The number of carbonyl (C=O) groups is 2. The maximum absolute atomic E-state index is 13.2. The van der Waals surface area contributed by atoms with Crippen LogP contribution in [0.2, 0.25) is 0 Å². The molecule has 172 valence electrons. The number of likely N-dealkylation sites (tertiary alicyclic amines) is 2. The molecular formula is C26H36N4O2. The van der Waals surface area contributed by atoms with Crippen LogP contribution in [0.15, 0.2) is 24.5 Å². The van der Waals surface area contributed by atoms with Gasteiger partial charge in [-0.25, -0.2) is 4.52 Å². The third kappa shape index (κ3) is 4.28. The monoisotopic (exact) mass is 436 g/mol. The molecule has 6 nitrogen and oxygen atoms in total. The predicted octanol–water partition coefficient (Wildman–Crippen LogP) is 4.49. The lowest BCUT2D eigenvalue weighted by Gasteiger charge is -2.35. The first-order valence-electron chi connectivity index (χ1n) is 12.7. The molecule has 2 aliphatic heterocycles. The number of carbonyl (C=O) groups excluding carboxylic acids is 2. The largest absolute Gasteiger partial charge is 0.342 e. The summed E-state index contributed by atoms with van der Waals surface area (Å²) in [5.74, 6) is 1.89. The van der Waals surface area contributed by atoms with E-state index in [1.807, 2.05) is 15.6 Å². The number of hydrogen-bond acceptors (Lipinski definition) is 3. The van der Waals surface area contributed by atoms with Gasteiger partial charge in [0, 0.05) is 38.3 Å². The average molecular weight is 437 g/mol. The normalized spacial score (nSPS) is 21.9. The Hall–Kier alpha value is -2.37. The second-order valence-electron chi connectivity index (χ2n) is 10.3. The highest BCUT2D eigenvalue weighted by Crippen LogP contribution is 2.32. The number of fused-ring (bicyclic) bond motifs is 1. The maximum Gasteiger partial charge on any atom is 0.257 e. The molecule has 4 heterocycles. The molecule has 2 aromatic heterocycles. The Kier molecular flexibility index (Phi) is 6.20. The van der Waals surface area contributed by atoms with Crippen molar-refractivity contribution in [3.8, 4) is 0 Å². The molecule has 2 aromatic rings. The zero-order valence-corrected chi connectivity index (χ0v) is 19.3. The van der Waals surface area contributed by atoms with E-state index in [4.69, 9.17) is 0 Å². The third-order valence-corrected chi connectivity index (χ3v) is 8.08. The summed E-state index contributed by atoms with van der Waals surface area (Å²) in [4.78, 5) is 30.2. The van der Waals surface area contributed by atoms with E-state index in [1.165, 1.54) is 24.8 Å². The summed E-state index contributed by atoms with van der Waals surface area (Å²) in [6.45, 7) is 5.64. The molecule has 2 saturated heterocycles.